The van der Waals surface area contributed by atoms with Gasteiger partial charge >= 0.3 is 0 Å². The zero-order valence-corrected chi connectivity index (χ0v) is 17.0. The van der Waals surface area contributed by atoms with E-state index < -0.39 is 10.0 Å². The Bertz CT molecular complexity index is 1070. The van der Waals surface area contributed by atoms with Gasteiger partial charge in [-0.15, -0.1) is 0 Å². The minimum atomic E-state index is -3.92. The number of hydrogen-bond donors (Lipinski definition) is 1. The molecule has 0 radical (unpaired) electrons. The molecule has 3 aromatic rings. The van der Waals surface area contributed by atoms with Crippen molar-refractivity contribution in [1.82, 2.24) is 9.88 Å². The Morgan fingerprint density at radius 2 is 1.70 bits per heavy atom. The van der Waals surface area contributed by atoms with E-state index in [0.717, 1.165) is 5.56 Å². The molecule has 27 heavy (non-hydrogen) atoms. The molecule has 10 heteroatoms. The van der Waals surface area contributed by atoms with E-state index in [1.165, 1.54) is 12.1 Å². The van der Waals surface area contributed by atoms with Crippen molar-refractivity contribution in [2.45, 2.75) is 11.4 Å². The van der Waals surface area contributed by atoms with E-state index in [1.54, 1.807) is 25.3 Å². The lowest BCUT2D eigenvalue weighted by Gasteiger charge is -2.08. The van der Waals surface area contributed by atoms with Crippen molar-refractivity contribution in [2.75, 3.05) is 7.11 Å². The Hall–Kier alpha value is -1.77. The van der Waals surface area contributed by atoms with Gasteiger partial charge in [0, 0.05) is 11.6 Å². The van der Waals surface area contributed by atoms with Gasteiger partial charge in [0.2, 0.25) is 10.0 Å². The van der Waals surface area contributed by atoms with Crippen LogP contribution in [0.5, 0.6) is 5.75 Å². The molecule has 0 atom stereocenters. The lowest BCUT2D eigenvalue weighted by molar-refractivity contribution is 0.382. The number of methoxy groups -OCH3 is 1. The molecular weight excluding hydrogens is 435 g/mol. The SMILES string of the molecule is COc1ccc(-c2cc(CNS(=O)(=O)c3cc(Cl)c(Cl)cc3Cl)on2)cc1. The summed E-state index contributed by atoms with van der Waals surface area (Å²) in [5.41, 5.74) is 1.38. The highest BCUT2D eigenvalue weighted by Gasteiger charge is 2.20. The highest BCUT2D eigenvalue weighted by atomic mass is 35.5. The monoisotopic (exact) mass is 446 g/mol. The van der Waals surface area contributed by atoms with Crippen LogP contribution in [0.25, 0.3) is 11.3 Å². The minimum absolute atomic E-state index is 0.0339. The maximum Gasteiger partial charge on any atom is 0.242 e. The van der Waals surface area contributed by atoms with Crippen molar-refractivity contribution in [2.24, 2.45) is 0 Å². The molecule has 3 rings (SSSR count). The van der Waals surface area contributed by atoms with E-state index in [9.17, 15) is 8.42 Å². The maximum atomic E-state index is 12.5. The van der Waals surface area contributed by atoms with Crippen LogP contribution in [0.3, 0.4) is 0 Å². The number of sulfonamides is 1. The molecule has 1 aromatic heterocycles. The number of ether oxygens (including phenoxy) is 1. The predicted octanol–water partition coefficient (Wildman–Crippen LogP) is 4.79. The first kappa shape index (κ1) is 20.0. The molecular formula is C17H13Cl3N2O4S. The van der Waals surface area contributed by atoms with Gasteiger partial charge in [0.25, 0.3) is 0 Å². The second-order valence-electron chi connectivity index (χ2n) is 5.43. The van der Waals surface area contributed by atoms with Gasteiger partial charge in [-0.2, -0.15) is 0 Å². The van der Waals surface area contributed by atoms with E-state index in [-0.39, 0.29) is 26.5 Å². The molecule has 0 amide bonds. The summed E-state index contributed by atoms with van der Waals surface area (Å²) in [4.78, 5) is -0.173. The fourth-order valence-electron chi connectivity index (χ4n) is 2.25. The average Bonchev–Trinajstić information content (AvgIpc) is 3.12. The van der Waals surface area contributed by atoms with Crippen LogP contribution in [0.1, 0.15) is 5.76 Å². The first-order valence-electron chi connectivity index (χ1n) is 7.54. The molecule has 1 N–H and O–H groups in total. The second kappa shape index (κ2) is 8.08. The molecule has 0 bridgehead atoms. The van der Waals surface area contributed by atoms with Crippen molar-refractivity contribution < 1.29 is 17.7 Å². The second-order valence-corrected chi connectivity index (χ2v) is 8.39. The summed E-state index contributed by atoms with van der Waals surface area (Å²) in [6.07, 6.45) is 0. The summed E-state index contributed by atoms with van der Waals surface area (Å²) in [5, 5.41) is 4.16. The van der Waals surface area contributed by atoms with Crippen LogP contribution < -0.4 is 9.46 Å². The lowest BCUT2D eigenvalue weighted by atomic mass is 10.1. The van der Waals surface area contributed by atoms with Crippen molar-refractivity contribution in [3.63, 3.8) is 0 Å². The molecule has 0 aliphatic carbocycles. The van der Waals surface area contributed by atoms with Gasteiger partial charge in [0.15, 0.2) is 5.76 Å². The lowest BCUT2D eigenvalue weighted by Crippen LogP contribution is -2.23. The van der Waals surface area contributed by atoms with Crippen LogP contribution >= 0.6 is 34.8 Å². The normalized spacial score (nSPS) is 11.6. The average molecular weight is 448 g/mol. The molecule has 1 heterocycles. The zero-order valence-electron chi connectivity index (χ0n) is 13.9. The molecule has 0 spiro atoms. The molecule has 0 aliphatic heterocycles. The van der Waals surface area contributed by atoms with Gasteiger partial charge < -0.3 is 9.26 Å². The highest BCUT2D eigenvalue weighted by Crippen LogP contribution is 2.31. The van der Waals surface area contributed by atoms with Crippen LogP contribution in [0.15, 0.2) is 51.9 Å². The topological polar surface area (TPSA) is 81.4 Å². The third kappa shape index (κ3) is 4.56. The van der Waals surface area contributed by atoms with Crippen LogP contribution in [-0.2, 0) is 16.6 Å². The Kier molecular flexibility index (Phi) is 5.98. The standard InChI is InChI=1S/C17H13Cl3N2O4S/c1-25-11-4-2-10(3-5-11)16-6-12(26-22-16)9-21-27(23,24)17-8-14(19)13(18)7-15(17)20/h2-8,21H,9H2,1H3. The van der Waals surface area contributed by atoms with Crippen LogP contribution in [0, 0.1) is 0 Å². The maximum absolute atomic E-state index is 12.5. The molecule has 0 saturated carbocycles. The Labute approximate surface area is 171 Å². The zero-order chi connectivity index (χ0) is 19.6. The van der Waals surface area contributed by atoms with Gasteiger partial charge in [-0.3, -0.25) is 0 Å². The summed E-state index contributed by atoms with van der Waals surface area (Å²) >= 11 is 17.7. The van der Waals surface area contributed by atoms with E-state index in [0.29, 0.717) is 17.2 Å². The molecule has 0 saturated heterocycles. The largest absolute Gasteiger partial charge is 0.497 e. The predicted molar refractivity (Wildman–Crippen MR) is 104 cm³/mol. The number of aromatic nitrogens is 1. The van der Waals surface area contributed by atoms with Crippen LogP contribution in [0.2, 0.25) is 15.1 Å². The van der Waals surface area contributed by atoms with Crippen molar-refractivity contribution >= 4 is 44.8 Å². The van der Waals surface area contributed by atoms with Gasteiger partial charge in [-0.05, 0) is 36.4 Å². The van der Waals surface area contributed by atoms with E-state index >= 15 is 0 Å². The third-order valence-electron chi connectivity index (χ3n) is 3.65. The molecule has 0 aliphatic rings. The number of halogens is 3. The quantitative estimate of drug-likeness (QED) is 0.550. The molecule has 142 valence electrons. The van der Waals surface area contributed by atoms with Gasteiger partial charge in [-0.25, -0.2) is 13.1 Å². The third-order valence-corrected chi connectivity index (χ3v) is 6.23. The summed E-state index contributed by atoms with van der Waals surface area (Å²) in [6, 6.07) is 11.3. The van der Waals surface area contributed by atoms with Crippen molar-refractivity contribution in [3.05, 3.63) is 63.3 Å². The Morgan fingerprint density at radius 1 is 1.04 bits per heavy atom. The summed E-state index contributed by atoms with van der Waals surface area (Å²) < 4.78 is 37.6. The Balaban J connectivity index is 1.75. The molecule has 0 unspecified atom stereocenters. The summed E-state index contributed by atoms with van der Waals surface area (Å²) in [6.45, 7) is -0.109. The highest BCUT2D eigenvalue weighted by molar-refractivity contribution is 7.89. The van der Waals surface area contributed by atoms with Gasteiger partial charge in [0.1, 0.15) is 16.3 Å². The number of nitrogens with zero attached hydrogens (tertiary/aromatic N) is 1. The van der Waals surface area contributed by atoms with Gasteiger partial charge in [0.05, 0.1) is 28.7 Å². The van der Waals surface area contributed by atoms with Crippen LogP contribution in [-0.4, -0.2) is 20.7 Å². The first-order valence-corrected chi connectivity index (χ1v) is 10.2. The minimum Gasteiger partial charge on any atom is -0.497 e. The fraction of sp³-hybridized carbons (Fsp3) is 0.118. The van der Waals surface area contributed by atoms with Crippen molar-refractivity contribution in [1.29, 1.82) is 0 Å². The number of nitrogens with one attached hydrogen (secondary N) is 1. The number of rotatable bonds is 6. The van der Waals surface area contributed by atoms with E-state index in [1.807, 2.05) is 12.1 Å². The van der Waals surface area contributed by atoms with E-state index in [4.69, 9.17) is 44.1 Å². The molecule has 0 fully saturated rings. The number of benzene rings is 2. The summed E-state index contributed by atoms with van der Waals surface area (Å²) in [5.74, 6) is 1.05. The summed E-state index contributed by atoms with van der Waals surface area (Å²) in [7, 11) is -2.34. The van der Waals surface area contributed by atoms with E-state index in [2.05, 4.69) is 9.88 Å². The molecule has 2 aromatic carbocycles. The first-order chi connectivity index (χ1) is 12.8. The fourth-order valence-corrected chi connectivity index (χ4v) is 4.24. The smallest absolute Gasteiger partial charge is 0.242 e. The van der Waals surface area contributed by atoms with Crippen LogP contribution in [0.4, 0.5) is 0 Å². The molecule has 6 nitrogen and oxygen atoms in total. The van der Waals surface area contributed by atoms with Crippen molar-refractivity contribution in [3.8, 4) is 17.0 Å². The van der Waals surface area contributed by atoms with Gasteiger partial charge in [-0.1, -0.05) is 40.0 Å². The number of hydrogen-bond acceptors (Lipinski definition) is 5. The Morgan fingerprint density at radius 3 is 2.37 bits per heavy atom.